The minimum atomic E-state index is -0.167. The van der Waals surface area contributed by atoms with Crippen molar-refractivity contribution in [1.82, 2.24) is 15.2 Å². The van der Waals surface area contributed by atoms with E-state index in [0.717, 1.165) is 48.1 Å². The van der Waals surface area contributed by atoms with Crippen LogP contribution in [0.3, 0.4) is 0 Å². The fraction of sp³-hybridized carbons (Fsp3) is 0.333. The van der Waals surface area contributed by atoms with Crippen molar-refractivity contribution >= 4 is 44.2 Å². The number of halogens is 1. The van der Waals surface area contributed by atoms with Crippen molar-refractivity contribution in [2.45, 2.75) is 0 Å². The van der Waals surface area contributed by atoms with Crippen molar-refractivity contribution in [2.75, 3.05) is 44.2 Å². The van der Waals surface area contributed by atoms with Crippen LogP contribution < -0.4 is 10.2 Å². The monoisotopic (exact) mass is 390 g/mol. The molecule has 1 aliphatic rings. The average molecular weight is 391 g/mol. The molecule has 1 N–H and O–H groups in total. The highest BCUT2D eigenvalue weighted by molar-refractivity contribution is 7.22. The number of hydrogen-bond acceptors (Lipinski definition) is 6. The molecule has 1 aromatic carbocycles. The Hall–Kier alpha value is -2.09. The number of carbonyl (C=O) groups is 1. The van der Waals surface area contributed by atoms with Gasteiger partial charge in [-0.25, -0.2) is 4.98 Å². The molecule has 0 aliphatic carbocycles. The van der Waals surface area contributed by atoms with E-state index in [-0.39, 0.29) is 5.91 Å². The van der Waals surface area contributed by atoms with E-state index in [2.05, 4.69) is 21.2 Å². The van der Waals surface area contributed by atoms with Gasteiger partial charge in [-0.05, 0) is 24.3 Å². The van der Waals surface area contributed by atoms with Gasteiger partial charge in [-0.3, -0.25) is 9.69 Å². The van der Waals surface area contributed by atoms with E-state index >= 15 is 0 Å². The van der Waals surface area contributed by atoms with Gasteiger partial charge >= 0.3 is 0 Å². The summed E-state index contributed by atoms with van der Waals surface area (Å²) < 4.78 is 6.21. The molecular weight excluding hydrogens is 372 g/mol. The number of thiazole rings is 1. The summed E-state index contributed by atoms with van der Waals surface area (Å²) in [5.41, 5.74) is 0.886. The van der Waals surface area contributed by atoms with Crippen LogP contribution in [0.5, 0.6) is 0 Å². The van der Waals surface area contributed by atoms with Crippen LogP contribution in [0.1, 0.15) is 10.6 Å². The molecule has 1 aliphatic heterocycles. The first kappa shape index (κ1) is 17.3. The van der Waals surface area contributed by atoms with Crippen LogP contribution in [0.2, 0.25) is 5.02 Å². The third-order valence-electron chi connectivity index (χ3n) is 4.46. The number of furan rings is 1. The SMILES string of the molecule is O=C(NCCN1CCN(c2nc3c(Cl)cccc3s2)CC1)c1ccco1. The second-order valence-electron chi connectivity index (χ2n) is 6.14. The number of piperazine rings is 1. The van der Waals surface area contributed by atoms with Gasteiger partial charge in [-0.1, -0.05) is 29.0 Å². The summed E-state index contributed by atoms with van der Waals surface area (Å²) in [7, 11) is 0. The molecule has 0 radical (unpaired) electrons. The fourth-order valence-corrected chi connectivity index (χ4v) is 4.34. The van der Waals surface area contributed by atoms with E-state index in [9.17, 15) is 4.79 Å². The molecule has 0 spiro atoms. The molecule has 0 saturated carbocycles. The number of anilines is 1. The standard InChI is InChI=1S/C18H19ClN4O2S/c19-13-3-1-5-15-16(13)21-18(26-15)23-10-8-22(9-11-23)7-6-20-17(24)14-4-2-12-25-14/h1-5,12H,6-11H2,(H,20,24). The van der Waals surface area contributed by atoms with Crippen LogP contribution in [0.25, 0.3) is 10.2 Å². The predicted octanol–water partition coefficient (Wildman–Crippen LogP) is 3.09. The predicted molar refractivity (Wildman–Crippen MR) is 104 cm³/mol. The van der Waals surface area contributed by atoms with E-state index < -0.39 is 0 Å². The molecule has 6 nitrogen and oxygen atoms in total. The zero-order valence-electron chi connectivity index (χ0n) is 14.2. The second-order valence-corrected chi connectivity index (χ2v) is 7.56. The van der Waals surface area contributed by atoms with Crippen LogP contribution in [0, 0.1) is 0 Å². The smallest absolute Gasteiger partial charge is 0.287 e. The van der Waals surface area contributed by atoms with Gasteiger partial charge in [0.2, 0.25) is 0 Å². The highest BCUT2D eigenvalue weighted by Gasteiger charge is 2.20. The molecule has 0 unspecified atom stereocenters. The van der Waals surface area contributed by atoms with E-state index in [1.807, 2.05) is 12.1 Å². The molecule has 26 heavy (non-hydrogen) atoms. The van der Waals surface area contributed by atoms with Crippen molar-refractivity contribution in [2.24, 2.45) is 0 Å². The Balaban J connectivity index is 1.27. The van der Waals surface area contributed by atoms with Gasteiger partial charge in [0.25, 0.3) is 5.91 Å². The van der Waals surface area contributed by atoms with Crippen molar-refractivity contribution in [1.29, 1.82) is 0 Å². The molecular formula is C18H19ClN4O2S. The zero-order chi connectivity index (χ0) is 17.9. The molecule has 3 heterocycles. The van der Waals surface area contributed by atoms with E-state index in [1.54, 1.807) is 23.5 Å². The van der Waals surface area contributed by atoms with Gasteiger partial charge in [-0.2, -0.15) is 0 Å². The summed E-state index contributed by atoms with van der Waals surface area (Å²) >= 11 is 7.91. The maximum Gasteiger partial charge on any atom is 0.287 e. The minimum Gasteiger partial charge on any atom is -0.459 e. The third kappa shape index (κ3) is 3.70. The quantitative estimate of drug-likeness (QED) is 0.725. The summed E-state index contributed by atoms with van der Waals surface area (Å²) in [5, 5.41) is 4.62. The Bertz CT molecular complexity index is 888. The summed E-state index contributed by atoms with van der Waals surface area (Å²) in [6, 6.07) is 9.27. The topological polar surface area (TPSA) is 61.6 Å². The number of rotatable bonds is 5. The van der Waals surface area contributed by atoms with Crippen LogP contribution in [0.15, 0.2) is 41.0 Å². The molecule has 1 saturated heterocycles. The lowest BCUT2D eigenvalue weighted by Gasteiger charge is -2.34. The largest absolute Gasteiger partial charge is 0.459 e. The number of aromatic nitrogens is 1. The van der Waals surface area contributed by atoms with Gasteiger partial charge in [0.05, 0.1) is 16.0 Å². The molecule has 136 valence electrons. The van der Waals surface area contributed by atoms with Gasteiger partial charge in [0.1, 0.15) is 5.52 Å². The first-order chi connectivity index (χ1) is 12.7. The van der Waals surface area contributed by atoms with Crippen LogP contribution >= 0.6 is 22.9 Å². The number of fused-ring (bicyclic) bond motifs is 1. The van der Waals surface area contributed by atoms with Crippen molar-refractivity contribution in [3.8, 4) is 0 Å². The zero-order valence-corrected chi connectivity index (χ0v) is 15.7. The van der Waals surface area contributed by atoms with Crippen LogP contribution in [0.4, 0.5) is 5.13 Å². The Morgan fingerprint density at radius 3 is 2.81 bits per heavy atom. The first-order valence-electron chi connectivity index (χ1n) is 8.55. The van der Waals surface area contributed by atoms with Crippen LogP contribution in [-0.4, -0.2) is 55.1 Å². The summed E-state index contributed by atoms with van der Waals surface area (Å²) in [4.78, 5) is 21.2. The average Bonchev–Trinajstić information content (AvgIpc) is 3.33. The summed E-state index contributed by atoms with van der Waals surface area (Å²) in [6.45, 7) is 5.16. The number of nitrogens with zero attached hydrogens (tertiary/aromatic N) is 3. The molecule has 1 fully saturated rings. The lowest BCUT2D eigenvalue weighted by atomic mass is 10.3. The van der Waals surface area contributed by atoms with Gasteiger partial charge in [0, 0.05) is 39.3 Å². The summed E-state index contributed by atoms with van der Waals surface area (Å²) in [6.07, 6.45) is 1.50. The van der Waals surface area contributed by atoms with Gasteiger partial charge < -0.3 is 14.6 Å². The second kappa shape index (κ2) is 7.65. The number of carbonyl (C=O) groups excluding carboxylic acids is 1. The Morgan fingerprint density at radius 2 is 2.08 bits per heavy atom. The highest BCUT2D eigenvalue weighted by Crippen LogP contribution is 2.33. The Labute approximate surface area is 160 Å². The molecule has 2 aromatic heterocycles. The molecule has 1 amide bonds. The van der Waals surface area contributed by atoms with Crippen molar-refractivity contribution in [3.63, 3.8) is 0 Å². The number of nitrogens with one attached hydrogen (secondary N) is 1. The summed E-state index contributed by atoms with van der Waals surface area (Å²) in [5.74, 6) is 0.185. The lowest BCUT2D eigenvalue weighted by Crippen LogP contribution is -2.48. The fourth-order valence-electron chi connectivity index (χ4n) is 3.02. The number of amides is 1. The van der Waals surface area contributed by atoms with E-state index in [0.29, 0.717) is 17.3 Å². The maximum atomic E-state index is 11.8. The Kier molecular flexibility index (Phi) is 5.10. The highest BCUT2D eigenvalue weighted by atomic mass is 35.5. The Morgan fingerprint density at radius 1 is 1.23 bits per heavy atom. The molecule has 0 atom stereocenters. The first-order valence-corrected chi connectivity index (χ1v) is 9.74. The third-order valence-corrected chi connectivity index (χ3v) is 5.85. The van der Waals surface area contributed by atoms with E-state index in [1.165, 1.54) is 6.26 Å². The molecule has 0 bridgehead atoms. The number of para-hydroxylation sites is 1. The lowest BCUT2D eigenvalue weighted by molar-refractivity contribution is 0.0920. The molecule has 8 heteroatoms. The molecule has 4 rings (SSSR count). The number of benzene rings is 1. The van der Waals surface area contributed by atoms with E-state index in [4.69, 9.17) is 21.0 Å². The number of hydrogen-bond donors (Lipinski definition) is 1. The minimum absolute atomic E-state index is 0.167. The normalized spacial score (nSPS) is 15.5. The van der Waals surface area contributed by atoms with Crippen molar-refractivity contribution in [3.05, 3.63) is 47.4 Å². The molecule has 3 aromatic rings. The van der Waals surface area contributed by atoms with Gasteiger partial charge in [-0.15, -0.1) is 0 Å². The van der Waals surface area contributed by atoms with Gasteiger partial charge in [0.15, 0.2) is 10.9 Å². The van der Waals surface area contributed by atoms with Crippen LogP contribution in [-0.2, 0) is 0 Å². The maximum absolute atomic E-state index is 11.8. The van der Waals surface area contributed by atoms with Crippen molar-refractivity contribution < 1.29 is 9.21 Å².